The van der Waals surface area contributed by atoms with Crippen LogP contribution < -0.4 is 4.74 Å². The number of aromatic nitrogens is 1. The van der Waals surface area contributed by atoms with E-state index in [4.69, 9.17) is 9.47 Å². The van der Waals surface area contributed by atoms with Crippen molar-refractivity contribution in [1.29, 1.82) is 0 Å². The Morgan fingerprint density at radius 3 is 2.58 bits per heavy atom. The van der Waals surface area contributed by atoms with Crippen molar-refractivity contribution in [3.05, 3.63) is 23.9 Å². The van der Waals surface area contributed by atoms with Crippen LogP contribution in [0, 0.1) is 0 Å². The van der Waals surface area contributed by atoms with Crippen LogP contribution in [0.2, 0.25) is 0 Å². The molecule has 0 aromatic carbocycles. The van der Waals surface area contributed by atoms with Gasteiger partial charge in [-0.2, -0.15) is 0 Å². The molecule has 0 N–H and O–H groups in total. The third kappa shape index (κ3) is 4.80. The Kier molecular flexibility index (Phi) is 5.61. The monoisotopic (exact) mass is 264 g/mol. The van der Waals surface area contributed by atoms with Gasteiger partial charge in [0.05, 0.1) is 0 Å². The summed E-state index contributed by atoms with van der Waals surface area (Å²) in [6.45, 7) is 6.12. The van der Waals surface area contributed by atoms with E-state index in [1.54, 1.807) is 0 Å². The standard InChI is InChI=1S/C11H16N2O.C4H8O/c1-3-9-5-4-6-11(12-9)14-10-7-13(2)8-10;1-2-4-5-3-1/h4-6,10H,3,7-8H2,1-2H3;1-4H2. The maximum Gasteiger partial charge on any atom is 0.213 e. The summed E-state index contributed by atoms with van der Waals surface area (Å²) in [5.41, 5.74) is 1.09. The fourth-order valence-electron chi connectivity index (χ4n) is 2.12. The van der Waals surface area contributed by atoms with Gasteiger partial charge in [0.15, 0.2) is 0 Å². The number of ether oxygens (including phenoxy) is 2. The normalized spacial score (nSPS) is 19.5. The van der Waals surface area contributed by atoms with Crippen molar-refractivity contribution in [1.82, 2.24) is 9.88 Å². The Bertz CT molecular complexity index is 367. The van der Waals surface area contributed by atoms with Crippen molar-refractivity contribution >= 4 is 0 Å². The van der Waals surface area contributed by atoms with Crippen LogP contribution in [0.1, 0.15) is 25.5 Å². The molecule has 0 radical (unpaired) electrons. The van der Waals surface area contributed by atoms with E-state index >= 15 is 0 Å². The van der Waals surface area contributed by atoms with Gasteiger partial charge in [0.25, 0.3) is 0 Å². The molecule has 2 aliphatic heterocycles. The van der Waals surface area contributed by atoms with Crippen LogP contribution in [-0.2, 0) is 11.2 Å². The molecule has 4 heteroatoms. The summed E-state index contributed by atoms with van der Waals surface area (Å²) in [5, 5.41) is 0. The first-order valence-corrected chi connectivity index (χ1v) is 7.17. The Morgan fingerprint density at radius 1 is 1.32 bits per heavy atom. The molecule has 0 amide bonds. The lowest BCUT2D eigenvalue weighted by molar-refractivity contribution is 0.0354. The van der Waals surface area contributed by atoms with Crippen LogP contribution in [0.3, 0.4) is 0 Å². The van der Waals surface area contributed by atoms with E-state index < -0.39 is 0 Å². The minimum Gasteiger partial charge on any atom is -0.472 e. The Balaban J connectivity index is 0.000000224. The molecule has 3 heterocycles. The number of hydrogen-bond donors (Lipinski definition) is 0. The van der Waals surface area contributed by atoms with E-state index in [1.165, 1.54) is 12.8 Å². The van der Waals surface area contributed by atoms with Crippen molar-refractivity contribution in [3.8, 4) is 5.88 Å². The van der Waals surface area contributed by atoms with Crippen molar-refractivity contribution in [3.63, 3.8) is 0 Å². The van der Waals surface area contributed by atoms with Crippen molar-refractivity contribution in [2.45, 2.75) is 32.3 Å². The smallest absolute Gasteiger partial charge is 0.213 e. The largest absolute Gasteiger partial charge is 0.472 e. The number of aryl methyl sites for hydroxylation is 1. The molecule has 0 spiro atoms. The second-order valence-electron chi connectivity index (χ2n) is 5.10. The topological polar surface area (TPSA) is 34.6 Å². The fourth-order valence-corrected chi connectivity index (χ4v) is 2.12. The Labute approximate surface area is 115 Å². The summed E-state index contributed by atoms with van der Waals surface area (Å²) in [7, 11) is 2.09. The molecule has 1 aromatic heterocycles. The molecular formula is C15H24N2O2. The molecule has 0 aliphatic carbocycles. The van der Waals surface area contributed by atoms with Crippen LogP contribution >= 0.6 is 0 Å². The van der Waals surface area contributed by atoms with Crippen LogP contribution in [0.4, 0.5) is 0 Å². The predicted octanol–water partition coefficient (Wildman–Crippen LogP) is 2.13. The van der Waals surface area contributed by atoms with Crippen LogP contribution in [-0.4, -0.2) is 49.3 Å². The Morgan fingerprint density at radius 2 is 2.05 bits per heavy atom. The number of rotatable bonds is 3. The molecule has 2 aliphatic rings. The molecule has 0 atom stereocenters. The minimum atomic E-state index is 0.333. The van der Waals surface area contributed by atoms with E-state index in [0.717, 1.165) is 44.3 Å². The summed E-state index contributed by atoms with van der Waals surface area (Å²) in [6.07, 6.45) is 3.85. The van der Waals surface area contributed by atoms with Gasteiger partial charge >= 0.3 is 0 Å². The van der Waals surface area contributed by atoms with Crippen LogP contribution in [0.25, 0.3) is 0 Å². The van der Waals surface area contributed by atoms with Gasteiger partial charge in [0.1, 0.15) is 6.10 Å². The SMILES string of the molecule is C1CCOC1.CCc1cccc(OC2CN(C)C2)n1. The van der Waals surface area contributed by atoms with Gasteiger partial charge in [-0.05, 0) is 32.4 Å². The van der Waals surface area contributed by atoms with Crippen molar-refractivity contribution in [2.75, 3.05) is 33.4 Å². The zero-order valence-electron chi connectivity index (χ0n) is 12.0. The van der Waals surface area contributed by atoms with E-state index in [1.807, 2.05) is 18.2 Å². The summed E-state index contributed by atoms with van der Waals surface area (Å²) in [5.74, 6) is 0.766. The highest BCUT2D eigenvalue weighted by atomic mass is 16.5. The summed E-state index contributed by atoms with van der Waals surface area (Å²) < 4.78 is 10.7. The summed E-state index contributed by atoms with van der Waals surface area (Å²) in [4.78, 5) is 6.63. The third-order valence-electron chi connectivity index (χ3n) is 3.29. The highest BCUT2D eigenvalue weighted by Gasteiger charge is 2.25. The van der Waals surface area contributed by atoms with Crippen LogP contribution in [0.15, 0.2) is 18.2 Å². The van der Waals surface area contributed by atoms with E-state index in [-0.39, 0.29) is 0 Å². The molecular weight excluding hydrogens is 240 g/mol. The van der Waals surface area contributed by atoms with Crippen LogP contribution in [0.5, 0.6) is 5.88 Å². The molecule has 19 heavy (non-hydrogen) atoms. The van der Waals surface area contributed by atoms with Gasteiger partial charge in [-0.1, -0.05) is 13.0 Å². The second kappa shape index (κ2) is 7.46. The molecule has 0 saturated carbocycles. The number of likely N-dealkylation sites (tertiary alicyclic amines) is 1. The highest BCUT2D eigenvalue weighted by molar-refractivity contribution is 5.16. The van der Waals surface area contributed by atoms with E-state index in [9.17, 15) is 0 Å². The fraction of sp³-hybridized carbons (Fsp3) is 0.667. The lowest BCUT2D eigenvalue weighted by atomic mass is 10.2. The number of hydrogen-bond acceptors (Lipinski definition) is 4. The molecule has 2 fully saturated rings. The predicted molar refractivity (Wildman–Crippen MR) is 75.6 cm³/mol. The number of pyridine rings is 1. The molecule has 4 nitrogen and oxygen atoms in total. The average Bonchev–Trinajstić information content (AvgIpc) is 2.96. The number of nitrogens with zero attached hydrogens (tertiary/aromatic N) is 2. The molecule has 0 unspecified atom stereocenters. The maximum atomic E-state index is 5.71. The van der Waals surface area contributed by atoms with E-state index in [2.05, 4.69) is 23.9 Å². The Hall–Kier alpha value is -1.13. The first kappa shape index (κ1) is 14.3. The van der Waals surface area contributed by atoms with Crippen molar-refractivity contribution < 1.29 is 9.47 Å². The van der Waals surface area contributed by atoms with Gasteiger partial charge in [0.2, 0.25) is 5.88 Å². The first-order valence-electron chi connectivity index (χ1n) is 7.17. The summed E-state index contributed by atoms with van der Waals surface area (Å²) in [6, 6.07) is 5.96. The zero-order valence-corrected chi connectivity index (χ0v) is 12.0. The third-order valence-corrected chi connectivity index (χ3v) is 3.29. The van der Waals surface area contributed by atoms with Gasteiger partial charge < -0.3 is 9.47 Å². The molecule has 2 saturated heterocycles. The van der Waals surface area contributed by atoms with E-state index in [0.29, 0.717) is 6.10 Å². The molecule has 3 rings (SSSR count). The molecule has 106 valence electrons. The first-order chi connectivity index (χ1) is 9.28. The summed E-state index contributed by atoms with van der Waals surface area (Å²) >= 11 is 0. The lowest BCUT2D eigenvalue weighted by Crippen LogP contribution is -2.51. The lowest BCUT2D eigenvalue weighted by Gasteiger charge is -2.35. The zero-order chi connectivity index (χ0) is 13.5. The van der Waals surface area contributed by atoms with Gasteiger partial charge in [0, 0.05) is 38.1 Å². The molecule has 0 bridgehead atoms. The minimum absolute atomic E-state index is 0.333. The van der Waals surface area contributed by atoms with Gasteiger partial charge in [-0.25, -0.2) is 4.98 Å². The van der Waals surface area contributed by atoms with Crippen molar-refractivity contribution in [2.24, 2.45) is 0 Å². The highest BCUT2D eigenvalue weighted by Crippen LogP contribution is 2.14. The van der Waals surface area contributed by atoms with Gasteiger partial charge in [-0.3, -0.25) is 4.90 Å². The quantitative estimate of drug-likeness (QED) is 0.837. The maximum absolute atomic E-state index is 5.71. The second-order valence-corrected chi connectivity index (χ2v) is 5.10. The van der Waals surface area contributed by atoms with Gasteiger partial charge in [-0.15, -0.1) is 0 Å². The average molecular weight is 264 g/mol. The number of likely N-dealkylation sites (N-methyl/N-ethyl adjacent to an activating group) is 1. The molecule has 1 aromatic rings.